The summed E-state index contributed by atoms with van der Waals surface area (Å²) in [6.07, 6.45) is 1.87. The Balaban J connectivity index is 1.46. The van der Waals surface area contributed by atoms with Crippen molar-refractivity contribution in [2.24, 2.45) is 11.1 Å². The molecule has 0 bridgehead atoms. The largest absolute Gasteiger partial charge is 0.384 e. The lowest BCUT2D eigenvalue weighted by Crippen LogP contribution is -2.42. The van der Waals surface area contributed by atoms with Crippen LogP contribution < -0.4 is 16.0 Å². The van der Waals surface area contributed by atoms with Crippen molar-refractivity contribution in [1.82, 2.24) is 10.2 Å². The molecule has 0 radical (unpaired) electrons. The normalized spacial score (nSPS) is 18.1. The van der Waals surface area contributed by atoms with Crippen LogP contribution in [-0.2, 0) is 16.0 Å². The summed E-state index contributed by atoms with van der Waals surface area (Å²) in [6, 6.07) is 16.2. The van der Waals surface area contributed by atoms with Gasteiger partial charge >= 0.3 is 0 Å². The fourth-order valence-electron chi connectivity index (χ4n) is 5.67. The van der Waals surface area contributed by atoms with Gasteiger partial charge in [-0.1, -0.05) is 86.3 Å². The third-order valence-electron chi connectivity index (χ3n) is 7.76. The van der Waals surface area contributed by atoms with E-state index in [-0.39, 0.29) is 28.7 Å². The summed E-state index contributed by atoms with van der Waals surface area (Å²) in [4.78, 5) is 28.2. The Kier molecular flexibility index (Phi) is 8.26. The van der Waals surface area contributed by atoms with Crippen molar-refractivity contribution in [3.8, 4) is 6.07 Å². The van der Waals surface area contributed by atoms with Gasteiger partial charge in [-0.3, -0.25) is 14.5 Å². The summed E-state index contributed by atoms with van der Waals surface area (Å²) in [6.45, 7) is 10.1. The lowest BCUT2D eigenvalue weighted by atomic mass is 9.68. The number of hydrogen-bond donors (Lipinski definition) is 2. The average molecular weight is 599 g/mol. The molecule has 0 spiro atoms. The Labute approximate surface area is 254 Å². The molecule has 8 nitrogen and oxygen atoms in total. The number of benzene rings is 2. The van der Waals surface area contributed by atoms with Gasteiger partial charge < -0.3 is 11.1 Å². The Morgan fingerprint density at radius 3 is 2.50 bits per heavy atom. The second-order valence-corrected chi connectivity index (χ2v) is 13.7. The molecule has 1 amide bonds. The number of rotatable bonds is 7. The Morgan fingerprint density at radius 2 is 1.86 bits per heavy atom. The van der Waals surface area contributed by atoms with E-state index < -0.39 is 5.92 Å². The smallest absolute Gasteiger partial charge is 0.234 e. The summed E-state index contributed by atoms with van der Waals surface area (Å²) in [5.41, 5.74) is 13.0. The van der Waals surface area contributed by atoms with Gasteiger partial charge in [0.15, 0.2) is 10.1 Å². The number of para-hydroxylation sites is 1. The van der Waals surface area contributed by atoms with E-state index in [4.69, 9.17) is 5.73 Å². The van der Waals surface area contributed by atoms with E-state index in [1.54, 1.807) is 4.90 Å². The molecule has 1 aromatic heterocycles. The van der Waals surface area contributed by atoms with Crippen molar-refractivity contribution in [3.05, 3.63) is 87.4 Å². The Bertz CT molecular complexity index is 1640. The van der Waals surface area contributed by atoms with Crippen LogP contribution in [0, 0.1) is 30.6 Å². The van der Waals surface area contributed by atoms with Gasteiger partial charge in [-0.15, -0.1) is 10.2 Å². The van der Waals surface area contributed by atoms with Crippen LogP contribution in [0.5, 0.6) is 0 Å². The topological polar surface area (TPSA) is 125 Å². The summed E-state index contributed by atoms with van der Waals surface area (Å²) in [5, 5.41) is 22.5. The molecule has 42 heavy (non-hydrogen) atoms. The standard InChI is InChI=1S/C32H34N6O2S2/c1-6-20-10-12-21(13-11-20)26-22(16-33)29(34)38(23-14-32(4,5)15-24(39)27(23)26)30-36-37-31(42-30)41-17-25(40)35-28-18(2)8-7-9-19(28)3/h7-13,26H,6,14-15,17,34H2,1-5H3,(H,35,40). The molecule has 3 aromatic rings. The van der Waals surface area contributed by atoms with Gasteiger partial charge in [-0.2, -0.15) is 5.26 Å². The van der Waals surface area contributed by atoms with E-state index in [9.17, 15) is 14.9 Å². The number of amides is 1. The maximum absolute atomic E-state index is 13.7. The zero-order chi connectivity index (χ0) is 30.2. The maximum Gasteiger partial charge on any atom is 0.234 e. The zero-order valence-electron chi connectivity index (χ0n) is 24.4. The van der Waals surface area contributed by atoms with Crippen molar-refractivity contribution < 1.29 is 9.59 Å². The number of nitriles is 1. The van der Waals surface area contributed by atoms with Crippen molar-refractivity contribution >= 4 is 45.6 Å². The first-order chi connectivity index (χ1) is 20.0. The molecule has 0 saturated heterocycles. The van der Waals surface area contributed by atoms with E-state index in [1.165, 1.54) is 28.7 Å². The number of aryl methyl sites for hydroxylation is 3. The molecule has 1 aliphatic heterocycles. The first-order valence-corrected chi connectivity index (χ1v) is 15.7. The molecule has 5 rings (SSSR count). The molecule has 2 aromatic carbocycles. The molecule has 0 saturated carbocycles. The molecule has 1 aliphatic carbocycles. The molecule has 1 unspecified atom stereocenters. The number of carbonyl (C=O) groups excluding carboxylic acids is 2. The third-order valence-corrected chi connectivity index (χ3v) is 9.80. The van der Waals surface area contributed by atoms with Crippen LogP contribution >= 0.6 is 23.1 Å². The van der Waals surface area contributed by atoms with Gasteiger partial charge in [0.2, 0.25) is 11.0 Å². The number of nitrogens with two attached hydrogens (primary N) is 1. The van der Waals surface area contributed by atoms with Gasteiger partial charge in [0.1, 0.15) is 5.82 Å². The van der Waals surface area contributed by atoms with Crippen molar-refractivity contribution in [1.29, 1.82) is 5.26 Å². The molecular formula is C32H34N6O2S2. The number of allylic oxidation sites excluding steroid dienone is 3. The van der Waals surface area contributed by atoms with E-state index in [0.717, 1.165) is 34.5 Å². The molecule has 10 heteroatoms. The highest BCUT2D eigenvalue weighted by molar-refractivity contribution is 8.01. The number of anilines is 2. The SMILES string of the molecule is CCc1ccc(C2C(C#N)=C(N)N(c3nnc(SCC(=O)Nc4c(C)cccc4C)s3)C3=C2C(=O)CC(C)(C)C3)cc1. The van der Waals surface area contributed by atoms with Crippen LogP contribution in [-0.4, -0.2) is 27.6 Å². The minimum absolute atomic E-state index is 0.0124. The number of nitrogens with zero attached hydrogens (tertiary/aromatic N) is 4. The highest BCUT2D eigenvalue weighted by atomic mass is 32.2. The third kappa shape index (κ3) is 5.72. The lowest BCUT2D eigenvalue weighted by molar-refractivity contribution is -0.118. The summed E-state index contributed by atoms with van der Waals surface area (Å²) >= 11 is 2.57. The van der Waals surface area contributed by atoms with Crippen LogP contribution in [0.3, 0.4) is 0 Å². The molecular weight excluding hydrogens is 565 g/mol. The van der Waals surface area contributed by atoms with Crippen LogP contribution in [0.1, 0.15) is 61.8 Å². The minimum Gasteiger partial charge on any atom is -0.384 e. The van der Waals surface area contributed by atoms with Gasteiger partial charge in [0.05, 0.1) is 23.3 Å². The summed E-state index contributed by atoms with van der Waals surface area (Å²) in [7, 11) is 0. The van der Waals surface area contributed by atoms with Crippen LogP contribution in [0.15, 0.2) is 69.5 Å². The van der Waals surface area contributed by atoms with Crippen molar-refractivity contribution in [2.45, 2.75) is 64.1 Å². The zero-order valence-corrected chi connectivity index (χ0v) is 26.1. The monoisotopic (exact) mass is 598 g/mol. The Hall–Kier alpha value is -3.94. The minimum atomic E-state index is -0.536. The predicted molar refractivity (Wildman–Crippen MR) is 168 cm³/mol. The van der Waals surface area contributed by atoms with E-state index in [2.05, 4.69) is 42.4 Å². The first-order valence-electron chi connectivity index (χ1n) is 13.9. The molecule has 0 fully saturated rings. The molecule has 2 aliphatic rings. The molecule has 216 valence electrons. The van der Waals surface area contributed by atoms with Crippen LogP contribution in [0.4, 0.5) is 10.8 Å². The maximum atomic E-state index is 13.7. The number of nitrogens with one attached hydrogen (secondary N) is 1. The second kappa shape index (κ2) is 11.7. The average Bonchev–Trinajstić information content (AvgIpc) is 3.41. The van der Waals surface area contributed by atoms with Crippen LogP contribution in [0.2, 0.25) is 0 Å². The number of ketones is 1. The van der Waals surface area contributed by atoms with E-state index in [1.807, 2.05) is 56.3 Å². The van der Waals surface area contributed by atoms with E-state index >= 15 is 0 Å². The van der Waals surface area contributed by atoms with Gasteiger partial charge in [-0.05, 0) is 54.4 Å². The molecule has 1 atom stereocenters. The fraction of sp³-hybridized carbons (Fsp3) is 0.344. The quantitative estimate of drug-likeness (QED) is 0.300. The number of Topliss-reactive ketones (excluding diaryl/α,β-unsaturated/α-hetero) is 1. The highest BCUT2D eigenvalue weighted by Gasteiger charge is 2.45. The van der Waals surface area contributed by atoms with Crippen molar-refractivity contribution in [3.63, 3.8) is 0 Å². The Morgan fingerprint density at radius 1 is 1.17 bits per heavy atom. The molecule has 2 heterocycles. The summed E-state index contributed by atoms with van der Waals surface area (Å²) in [5.74, 6) is -0.247. The van der Waals surface area contributed by atoms with Crippen molar-refractivity contribution in [2.75, 3.05) is 16.0 Å². The molecule has 3 N–H and O–H groups in total. The van der Waals surface area contributed by atoms with Gasteiger partial charge in [0.25, 0.3) is 0 Å². The number of hydrogen-bond acceptors (Lipinski definition) is 9. The highest BCUT2D eigenvalue weighted by Crippen LogP contribution is 2.50. The number of carbonyl (C=O) groups is 2. The fourth-order valence-corrected chi connectivity index (χ4v) is 7.35. The van der Waals surface area contributed by atoms with Gasteiger partial charge in [-0.25, -0.2) is 0 Å². The first kappa shape index (κ1) is 29.5. The second-order valence-electron chi connectivity index (χ2n) is 11.5. The number of aromatic nitrogens is 2. The summed E-state index contributed by atoms with van der Waals surface area (Å²) < 4.78 is 0.591. The van der Waals surface area contributed by atoms with Crippen LogP contribution in [0.25, 0.3) is 0 Å². The van der Waals surface area contributed by atoms with E-state index in [0.29, 0.717) is 33.5 Å². The number of thioether (sulfide) groups is 1. The predicted octanol–water partition coefficient (Wildman–Crippen LogP) is 6.39. The van der Waals surface area contributed by atoms with Gasteiger partial charge in [0, 0.05) is 23.4 Å². The lowest BCUT2D eigenvalue weighted by Gasteiger charge is -2.42.